The Hall–Kier alpha value is -3.29. The number of anilines is 1. The fourth-order valence-corrected chi connectivity index (χ4v) is 4.75. The predicted molar refractivity (Wildman–Crippen MR) is 133 cm³/mol. The van der Waals surface area contributed by atoms with E-state index in [1.54, 1.807) is 24.3 Å². The summed E-state index contributed by atoms with van der Waals surface area (Å²) in [6.07, 6.45) is 1.71. The lowest BCUT2D eigenvalue weighted by Gasteiger charge is -2.13. The molecule has 3 amide bonds. The molecular formula is C25H22ClN3O3S. The van der Waals surface area contributed by atoms with E-state index in [4.69, 9.17) is 11.6 Å². The number of halogens is 1. The number of rotatable bonds is 5. The van der Waals surface area contributed by atoms with E-state index in [0.717, 1.165) is 44.9 Å². The van der Waals surface area contributed by atoms with E-state index in [9.17, 15) is 14.4 Å². The number of hydrogen-bond donors (Lipinski definition) is 1. The number of amides is 3. The summed E-state index contributed by atoms with van der Waals surface area (Å²) in [6.45, 7) is 5.43. The van der Waals surface area contributed by atoms with Crippen molar-refractivity contribution in [2.75, 3.05) is 11.9 Å². The Morgan fingerprint density at radius 2 is 1.79 bits per heavy atom. The van der Waals surface area contributed by atoms with Crippen molar-refractivity contribution in [2.45, 2.75) is 20.8 Å². The Bertz CT molecular complexity index is 1300. The van der Waals surface area contributed by atoms with Gasteiger partial charge < -0.3 is 9.88 Å². The molecule has 0 radical (unpaired) electrons. The molecule has 1 aromatic heterocycles. The molecule has 1 saturated heterocycles. The molecule has 168 valence electrons. The topological polar surface area (TPSA) is 71.4 Å². The standard InChI is InChI=1S/C25H22ClN3O3S/c1-15-9-10-19(26)13-21(15)27-23(30)14-28-24(31)22(33-25(28)32)12-18-11-16(2)29(17(18)3)20-7-5-4-6-8-20/h4-13H,14H2,1-3H3,(H,27,30)/b22-12+. The van der Waals surface area contributed by atoms with Crippen LogP contribution in [0.4, 0.5) is 10.5 Å². The monoisotopic (exact) mass is 479 g/mol. The molecule has 1 fully saturated rings. The van der Waals surface area contributed by atoms with Gasteiger partial charge in [0.25, 0.3) is 11.1 Å². The van der Waals surface area contributed by atoms with Gasteiger partial charge in [-0.1, -0.05) is 35.9 Å². The van der Waals surface area contributed by atoms with Gasteiger partial charge in [-0.3, -0.25) is 19.3 Å². The van der Waals surface area contributed by atoms with Crippen LogP contribution in [0.5, 0.6) is 0 Å². The van der Waals surface area contributed by atoms with Crippen molar-refractivity contribution in [3.63, 3.8) is 0 Å². The van der Waals surface area contributed by atoms with Crippen LogP contribution in [0, 0.1) is 20.8 Å². The van der Waals surface area contributed by atoms with Gasteiger partial charge in [-0.2, -0.15) is 0 Å². The molecule has 2 heterocycles. The lowest BCUT2D eigenvalue weighted by atomic mass is 10.2. The van der Waals surface area contributed by atoms with Crippen LogP contribution in [-0.4, -0.2) is 33.1 Å². The summed E-state index contributed by atoms with van der Waals surface area (Å²) in [5, 5.41) is 2.73. The summed E-state index contributed by atoms with van der Waals surface area (Å²) in [7, 11) is 0. The average molecular weight is 480 g/mol. The maximum atomic E-state index is 12.9. The number of benzene rings is 2. The molecule has 4 rings (SSSR count). The quantitative estimate of drug-likeness (QED) is 0.474. The van der Waals surface area contributed by atoms with E-state index in [-0.39, 0.29) is 6.54 Å². The number of thioether (sulfide) groups is 1. The number of hydrogen-bond acceptors (Lipinski definition) is 4. The van der Waals surface area contributed by atoms with Crippen LogP contribution in [0.25, 0.3) is 11.8 Å². The van der Waals surface area contributed by atoms with Gasteiger partial charge in [0, 0.05) is 27.8 Å². The van der Waals surface area contributed by atoms with Crippen molar-refractivity contribution >= 4 is 52.2 Å². The number of aromatic nitrogens is 1. The number of imide groups is 1. The minimum absolute atomic E-state index is 0.292. The van der Waals surface area contributed by atoms with Crippen LogP contribution in [0.2, 0.25) is 5.02 Å². The summed E-state index contributed by atoms with van der Waals surface area (Å²) in [5.41, 5.74) is 5.22. The van der Waals surface area contributed by atoms with Crippen molar-refractivity contribution in [1.29, 1.82) is 0 Å². The molecule has 8 heteroatoms. The molecule has 0 atom stereocenters. The summed E-state index contributed by atoms with van der Waals surface area (Å²) in [4.78, 5) is 39.2. The van der Waals surface area contributed by atoms with Crippen molar-refractivity contribution in [1.82, 2.24) is 9.47 Å². The smallest absolute Gasteiger partial charge is 0.294 e. The van der Waals surface area contributed by atoms with Crippen molar-refractivity contribution in [3.05, 3.63) is 87.0 Å². The van der Waals surface area contributed by atoms with Crippen LogP contribution in [0.1, 0.15) is 22.5 Å². The third kappa shape index (κ3) is 4.74. The second-order valence-electron chi connectivity index (χ2n) is 7.77. The zero-order chi connectivity index (χ0) is 23.7. The molecule has 0 unspecified atom stereocenters. The largest absolute Gasteiger partial charge is 0.324 e. The third-order valence-corrected chi connectivity index (χ3v) is 6.56. The maximum absolute atomic E-state index is 12.9. The highest BCUT2D eigenvalue weighted by Crippen LogP contribution is 2.33. The van der Waals surface area contributed by atoms with Gasteiger partial charge in [0.15, 0.2) is 0 Å². The molecule has 1 aliphatic heterocycles. The number of carbonyl (C=O) groups is 3. The molecular weight excluding hydrogens is 458 g/mol. The minimum atomic E-state index is -0.479. The minimum Gasteiger partial charge on any atom is -0.324 e. The number of carbonyl (C=O) groups excluding carboxylic acids is 3. The Balaban J connectivity index is 1.53. The second-order valence-corrected chi connectivity index (χ2v) is 9.20. The summed E-state index contributed by atoms with van der Waals surface area (Å²) in [6, 6.07) is 17.0. The zero-order valence-electron chi connectivity index (χ0n) is 18.4. The molecule has 6 nitrogen and oxygen atoms in total. The fourth-order valence-electron chi connectivity index (χ4n) is 3.75. The first kappa shape index (κ1) is 22.9. The second kappa shape index (κ2) is 9.29. The van der Waals surface area contributed by atoms with E-state index in [1.807, 2.05) is 57.2 Å². The van der Waals surface area contributed by atoms with E-state index in [2.05, 4.69) is 9.88 Å². The zero-order valence-corrected chi connectivity index (χ0v) is 20.0. The first-order valence-corrected chi connectivity index (χ1v) is 11.5. The van der Waals surface area contributed by atoms with Crippen LogP contribution in [-0.2, 0) is 9.59 Å². The van der Waals surface area contributed by atoms with Crippen molar-refractivity contribution < 1.29 is 14.4 Å². The molecule has 0 bridgehead atoms. The number of para-hydroxylation sites is 1. The first-order chi connectivity index (χ1) is 15.7. The highest BCUT2D eigenvalue weighted by molar-refractivity contribution is 8.18. The van der Waals surface area contributed by atoms with Crippen LogP contribution in [0.15, 0.2) is 59.5 Å². The summed E-state index contributed by atoms with van der Waals surface area (Å²) < 4.78 is 2.09. The first-order valence-electron chi connectivity index (χ1n) is 10.3. The highest BCUT2D eigenvalue weighted by Gasteiger charge is 2.36. The number of nitrogens with one attached hydrogen (secondary N) is 1. The lowest BCUT2D eigenvalue weighted by molar-refractivity contribution is -0.127. The molecule has 0 aliphatic carbocycles. The van der Waals surface area contributed by atoms with E-state index >= 15 is 0 Å². The van der Waals surface area contributed by atoms with Crippen LogP contribution in [0.3, 0.4) is 0 Å². The normalized spacial score (nSPS) is 14.9. The summed E-state index contributed by atoms with van der Waals surface area (Å²) in [5.74, 6) is -0.946. The van der Waals surface area contributed by atoms with Crippen molar-refractivity contribution in [2.24, 2.45) is 0 Å². The predicted octanol–water partition coefficient (Wildman–Crippen LogP) is 5.73. The van der Waals surface area contributed by atoms with Gasteiger partial charge in [0.05, 0.1) is 4.91 Å². The van der Waals surface area contributed by atoms with Gasteiger partial charge in [-0.15, -0.1) is 0 Å². The lowest BCUT2D eigenvalue weighted by Crippen LogP contribution is -2.36. The Morgan fingerprint density at radius 1 is 1.06 bits per heavy atom. The van der Waals surface area contributed by atoms with E-state index in [0.29, 0.717) is 15.6 Å². The number of nitrogens with zero attached hydrogens (tertiary/aromatic N) is 2. The third-order valence-electron chi connectivity index (χ3n) is 5.42. The van der Waals surface area contributed by atoms with Gasteiger partial charge in [0.2, 0.25) is 5.91 Å². The van der Waals surface area contributed by atoms with E-state index < -0.39 is 17.1 Å². The Morgan fingerprint density at radius 3 is 2.52 bits per heavy atom. The summed E-state index contributed by atoms with van der Waals surface area (Å²) >= 11 is 6.83. The molecule has 1 N–H and O–H groups in total. The SMILES string of the molecule is Cc1ccc(Cl)cc1NC(=O)CN1C(=O)S/C(=C/c2cc(C)n(-c3ccccc3)c2C)C1=O. The van der Waals surface area contributed by atoms with Crippen molar-refractivity contribution in [3.8, 4) is 5.69 Å². The van der Waals surface area contributed by atoms with Crippen LogP contribution >= 0.6 is 23.4 Å². The van der Waals surface area contributed by atoms with E-state index in [1.165, 1.54) is 0 Å². The molecule has 1 aliphatic rings. The Kier molecular flexibility index (Phi) is 6.44. The van der Waals surface area contributed by atoms with Gasteiger partial charge in [-0.05, 0) is 80.1 Å². The van der Waals surface area contributed by atoms with Crippen LogP contribution < -0.4 is 5.32 Å². The van der Waals surface area contributed by atoms with Gasteiger partial charge >= 0.3 is 0 Å². The molecule has 0 saturated carbocycles. The molecule has 33 heavy (non-hydrogen) atoms. The number of aryl methyl sites for hydroxylation is 2. The molecule has 3 aromatic rings. The highest BCUT2D eigenvalue weighted by atomic mass is 35.5. The molecule has 2 aromatic carbocycles. The Labute approximate surface area is 201 Å². The van der Waals surface area contributed by atoms with Gasteiger partial charge in [-0.25, -0.2) is 0 Å². The fraction of sp³-hybridized carbons (Fsp3) is 0.160. The average Bonchev–Trinajstić information content (AvgIpc) is 3.20. The van der Waals surface area contributed by atoms with Gasteiger partial charge in [0.1, 0.15) is 6.54 Å². The molecule has 0 spiro atoms. The maximum Gasteiger partial charge on any atom is 0.294 e.